The first kappa shape index (κ1) is 9.24. The maximum absolute atomic E-state index is 7.97. The molecule has 2 heteroatoms. The molecule has 0 fully saturated rings. The molecular weight excluding hydrogens is 139 g/mol. The van der Waals surface area contributed by atoms with E-state index in [4.69, 9.17) is 5.41 Å². The van der Waals surface area contributed by atoms with Crippen LogP contribution < -0.4 is 0 Å². The third-order valence-corrected chi connectivity index (χ3v) is 0. The zero-order chi connectivity index (χ0) is 3.58. The molecule has 0 aliphatic rings. The average Bonchev–Trinajstić information content (AvgIpc) is 0.811. The first-order valence-corrected chi connectivity index (χ1v) is 1.22. The maximum Gasteiger partial charge on any atom is 0 e. The summed E-state index contributed by atoms with van der Waals surface area (Å²) in [6, 6.07) is 0. The van der Waals surface area contributed by atoms with Crippen LogP contribution >= 0.6 is 0 Å². The molecule has 0 aliphatic heterocycles. The van der Waals surface area contributed by atoms with Gasteiger partial charge in [-0.3, -0.25) is 0 Å². The van der Waals surface area contributed by atoms with Gasteiger partial charge in [-0.1, -0.05) is 13.8 Å². The van der Waals surface area contributed by atoms with E-state index in [-0.39, 0.29) is 32.7 Å². The van der Waals surface area contributed by atoms with Gasteiger partial charge in [0.2, 0.25) is 0 Å². The minimum absolute atomic E-state index is 0. The van der Waals surface area contributed by atoms with Crippen LogP contribution in [0, 0.1) is 0 Å². The Labute approximate surface area is 57.5 Å². The van der Waals surface area contributed by atoms with Gasteiger partial charge < -0.3 is 5.41 Å². The summed E-state index contributed by atoms with van der Waals surface area (Å²) in [5, 5.41) is 7.97. The molecule has 1 nitrogen and oxygen atoms in total. The van der Waals surface area contributed by atoms with Crippen molar-refractivity contribution in [1.82, 2.24) is 0 Å². The predicted molar refractivity (Wildman–Crippen MR) is 19.7 cm³/mol. The molecule has 0 bridgehead atoms. The molecule has 5 heavy (non-hydrogen) atoms. The fourth-order valence-corrected chi connectivity index (χ4v) is 0. The van der Waals surface area contributed by atoms with Crippen LogP contribution in [0.2, 0.25) is 0 Å². The van der Waals surface area contributed by atoms with Crippen molar-refractivity contribution in [3.63, 3.8) is 0 Å². The van der Waals surface area contributed by atoms with Gasteiger partial charge in [-0.2, -0.15) is 0 Å². The van der Waals surface area contributed by atoms with Crippen LogP contribution in [-0.2, 0) is 32.7 Å². The van der Waals surface area contributed by atoms with E-state index in [0.717, 1.165) is 0 Å². The normalized spacial score (nSPS) is 5.20. The van der Waals surface area contributed by atoms with E-state index in [1.807, 2.05) is 0 Å². The van der Waals surface area contributed by atoms with Crippen LogP contribution in [0.5, 0.6) is 0 Å². The summed E-state index contributed by atoms with van der Waals surface area (Å²) < 4.78 is 0. The minimum atomic E-state index is 0. The Hall–Kier alpha value is 0.774. The van der Waals surface area contributed by atoms with Gasteiger partial charge in [-0.15, -0.1) is 0 Å². The molecule has 0 aromatic carbocycles. The SMILES string of the molecule is CC(C)=[N-].[Y]. The van der Waals surface area contributed by atoms with Gasteiger partial charge in [0.25, 0.3) is 0 Å². The van der Waals surface area contributed by atoms with Crippen LogP contribution in [0.3, 0.4) is 0 Å². The fraction of sp³-hybridized carbons (Fsp3) is 0.667. The molecule has 0 atom stereocenters. The molecule has 27 valence electrons. The molecule has 0 aliphatic carbocycles. The summed E-state index contributed by atoms with van der Waals surface area (Å²) in [5.41, 5.74) is 0.417. The van der Waals surface area contributed by atoms with Gasteiger partial charge in [-0.05, 0) is 0 Å². The number of hydrogen-bond donors (Lipinski definition) is 0. The molecule has 0 saturated carbocycles. The zero-order valence-corrected chi connectivity index (χ0v) is 6.36. The van der Waals surface area contributed by atoms with Crippen molar-refractivity contribution in [2.75, 3.05) is 0 Å². The average molecular weight is 145 g/mol. The molecular formula is C3H6NY-. The quantitative estimate of drug-likeness (QED) is 0.454. The van der Waals surface area contributed by atoms with Crippen molar-refractivity contribution < 1.29 is 32.7 Å². The van der Waals surface area contributed by atoms with Crippen LogP contribution in [0.1, 0.15) is 13.8 Å². The second-order valence-electron chi connectivity index (χ2n) is 0.947. The second-order valence-corrected chi connectivity index (χ2v) is 0.947. The molecule has 0 aromatic heterocycles. The largest absolute Gasteiger partial charge is 0.812 e. The second kappa shape index (κ2) is 4.77. The van der Waals surface area contributed by atoms with Gasteiger partial charge >= 0.3 is 0 Å². The van der Waals surface area contributed by atoms with Gasteiger partial charge in [0.1, 0.15) is 0 Å². The summed E-state index contributed by atoms with van der Waals surface area (Å²) in [7, 11) is 0. The Bertz CT molecular complexity index is 29.9. The summed E-state index contributed by atoms with van der Waals surface area (Å²) in [6.45, 7) is 3.28. The summed E-state index contributed by atoms with van der Waals surface area (Å²) in [5.74, 6) is 0. The van der Waals surface area contributed by atoms with E-state index < -0.39 is 0 Å². The van der Waals surface area contributed by atoms with E-state index in [1.165, 1.54) is 0 Å². The minimum Gasteiger partial charge on any atom is -0.812 e. The summed E-state index contributed by atoms with van der Waals surface area (Å²) >= 11 is 0. The third kappa shape index (κ3) is 61.3. The number of rotatable bonds is 0. The first-order chi connectivity index (χ1) is 1.73. The Kier molecular flexibility index (Phi) is 8.82. The monoisotopic (exact) mass is 145 g/mol. The molecule has 0 saturated heterocycles. The van der Waals surface area contributed by atoms with Crippen LogP contribution in [0.15, 0.2) is 0 Å². The van der Waals surface area contributed by atoms with E-state index in [1.54, 1.807) is 13.8 Å². The Morgan fingerprint density at radius 2 is 1.40 bits per heavy atom. The molecule has 1 radical (unpaired) electrons. The Morgan fingerprint density at radius 3 is 1.40 bits per heavy atom. The molecule has 0 rings (SSSR count). The van der Waals surface area contributed by atoms with Crippen LogP contribution in [-0.4, -0.2) is 5.71 Å². The van der Waals surface area contributed by atoms with Crippen molar-refractivity contribution in [3.05, 3.63) is 5.41 Å². The molecule has 0 amide bonds. The van der Waals surface area contributed by atoms with Gasteiger partial charge in [0.15, 0.2) is 0 Å². The number of nitrogens with zero attached hydrogens (tertiary/aromatic N) is 1. The molecule has 0 heterocycles. The Morgan fingerprint density at radius 1 is 1.40 bits per heavy atom. The van der Waals surface area contributed by atoms with Crippen LogP contribution in [0.4, 0.5) is 0 Å². The van der Waals surface area contributed by atoms with Crippen molar-refractivity contribution in [3.8, 4) is 0 Å². The molecule has 0 aromatic rings. The van der Waals surface area contributed by atoms with E-state index >= 15 is 0 Å². The van der Waals surface area contributed by atoms with E-state index in [9.17, 15) is 0 Å². The van der Waals surface area contributed by atoms with Gasteiger partial charge in [0, 0.05) is 32.7 Å². The maximum atomic E-state index is 7.97. The van der Waals surface area contributed by atoms with E-state index in [2.05, 4.69) is 0 Å². The standard InChI is InChI=1S/C3H6N.Y/c1-3(2)4;/h1-2H3;/q-1;. The van der Waals surface area contributed by atoms with Gasteiger partial charge in [-0.25, -0.2) is 5.71 Å². The third-order valence-electron chi connectivity index (χ3n) is 0. The van der Waals surface area contributed by atoms with Gasteiger partial charge in [0.05, 0.1) is 0 Å². The van der Waals surface area contributed by atoms with Crippen molar-refractivity contribution >= 4 is 5.71 Å². The van der Waals surface area contributed by atoms with Crippen molar-refractivity contribution in [1.29, 1.82) is 0 Å². The van der Waals surface area contributed by atoms with Crippen LogP contribution in [0.25, 0.3) is 5.41 Å². The van der Waals surface area contributed by atoms with Crippen molar-refractivity contribution in [2.24, 2.45) is 0 Å². The molecule has 0 spiro atoms. The zero-order valence-electron chi connectivity index (χ0n) is 3.52. The van der Waals surface area contributed by atoms with E-state index in [0.29, 0.717) is 5.71 Å². The molecule has 0 N–H and O–H groups in total. The predicted octanol–water partition coefficient (Wildman–Crippen LogP) is 1.03. The molecule has 0 unspecified atom stereocenters. The summed E-state index contributed by atoms with van der Waals surface area (Å²) in [4.78, 5) is 0. The Balaban J connectivity index is 0. The number of hydrogen-bond acceptors (Lipinski definition) is 0. The topological polar surface area (TPSA) is 22.3 Å². The van der Waals surface area contributed by atoms with Crippen molar-refractivity contribution in [2.45, 2.75) is 13.8 Å². The first-order valence-electron chi connectivity index (χ1n) is 1.22. The summed E-state index contributed by atoms with van der Waals surface area (Å²) in [6.07, 6.45) is 0. The smallest absolute Gasteiger partial charge is 0 e. The fourth-order valence-electron chi connectivity index (χ4n) is 0.